The Labute approximate surface area is 211 Å². The van der Waals surface area contributed by atoms with Crippen LogP contribution in [0.2, 0.25) is 5.02 Å². The van der Waals surface area contributed by atoms with E-state index in [2.05, 4.69) is 20.6 Å². The molecule has 0 saturated heterocycles. The van der Waals surface area contributed by atoms with Crippen molar-refractivity contribution in [2.45, 2.75) is 26.3 Å². The summed E-state index contributed by atoms with van der Waals surface area (Å²) >= 11 is 7.40. The van der Waals surface area contributed by atoms with Crippen LogP contribution in [0, 0.1) is 17.0 Å². The number of aromatic nitrogens is 3. The van der Waals surface area contributed by atoms with Gasteiger partial charge >= 0.3 is 0 Å². The number of rotatable bonds is 11. The van der Waals surface area contributed by atoms with E-state index in [1.807, 2.05) is 29.8 Å². The van der Waals surface area contributed by atoms with E-state index in [1.165, 1.54) is 12.3 Å². The number of anilines is 3. The number of hydrogen-bond acceptors (Lipinski definition) is 8. The Hall–Kier alpha value is -3.76. The smallest absolute Gasteiger partial charge is 0.292 e. The maximum absolute atomic E-state index is 12.8. The van der Waals surface area contributed by atoms with E-state index in [1.54, 1.807) is 30.7 Å². The largest absolute Gasteiger partial charge is 0.385 e. The molecule has 0 fully saturated rings. The minimum atomic E-state index is -0.453. The first-order valence-corrected chi connectivity index (χ1v) is 12.1. The zero-order valence-electron chi connectivity index (χ0n) is 18.9. The van der Waals surface area contributed by atoms with Crippen molar-refractivity contribution < 1.29 is 9.72 Å². The molecule has 0 aliphatic heterocycles. The highest BCUT2D eigenvalue weighted by atomic mass is 35.5. The third-order valence-corrected chi connectivity index (χ3v) is 6.70. The summed E-state index contributed by atoms with van der Waals surface area (Å²) in [5, 5.41) is 18.8. The molecule has 2 aromatic heterocycles. The van der Waals surface area contributed by atoms with Crippen LogP contribution < -0.4 is 10.6 Å². The molecule has 4 rings (SSSR count). The third-order valence-electron chi connectivity index (χ3n) is 5.39. The molecule has 0 radical (unpaired) electrons. The Bertz CT molecular complexity index is 1320. The van der Waals surface area contributed by atoms with Gasteiger partial charge in [-0.15, -0.1) is 0 Å². The van der Waals surface area contributed by atoms with Crippen LogP contribution in [-0.4, -0.2) is 31.8 Å². The fourth-order valence-electron chi connectivity index (χ4n) is 3.53. The number of imidazole rings is 1. The number of nitrogens with one attached hydrogen (secondary N) is 2. The zero-order chi connectivity index (χ0) is 24.8. The number of hydrogen-bond donors (Lipinski definition) is 2. The van der Waals surface area contributed by atoms with Gasteiger partial charge in [-0.3, -0.25) is 14.9 Å². The van der Waals surface area contributed by atoms with Crippen LogP contribution in [0.15, 0.2) is 61.3 Å². The van der Waals surface area contributed by atoms with Gasteiger partial charge in [-0.2, -0.15) is 0 Å². The predicted octanol–water partition coefficient (Wildman–Crippen LogP) is 5.88. The molecule has 180 valence electrons. The summed E-state index contributed by atoms with van der Waals surface area (Å²) in [6.07, 6.45) is 7.89. The van der Waals surface area contributed by atoms with Crippen LogP contribution in [0.25, 0.3) is 0 Å². The Balaban J connectivity index is 1.43. The number of aryl methyl sites for hydroxylation is 2. The van der Waals surface area contributed by atoms with E-state index >= 15 is 0 Å². The number of nitro groups is 1. The van der Waals surface area contributed by atoms with Gasteiger partial charge in [-0.05, 0) is 42.7 Å². The Morgan fingerprint density at radius 1 is 1.29 bits per heavy atom. The van der Waals surface area contributed by atoms with Gasteiger partial charge in [0.2, 0.25) is 0 Å². The van der Waals surface area contributed by atoms with Gasteiger partial charge in [-0.1, -0.05) is 35.1 Å². The number of thiazole rings is 1. The first-order chi connectivity index (χ1) is 16.9. The lowest BCUT2D eigenvalue weighted by atomic mass is 10.0. The van der Waals surface area contributed by atoms with Crippen molar-refractivity contribution in [2.24, 2.45) is 0 Å². The normalized spacial score (nSPS) is 10.8. The Morgan fingerprint density at radius 3 is 2.89 bits per heavy atom. The molecule has 2 heterocycles. The van der Waals surface area contributed by atoms with Gasteiger partial charge < -0.3 is 15.2 Å². The van der Waals surface area contributed by atoms with Crippen LogP contribution in [0.3, 0.4) is 0 Å². The van der Waals surface area contributed by atoms with Gasteiger partial charge in [0.05, 0.1) is 22.3 Å². The summed E-state index contributed by atoms with van der Waals surface area (Å²) in [7, 11) is 0. The Morgan fingerprint density at radius 2 is 2.14 bits per heavy atom. The average Bonchev–Trinajstić information content (AvgIpc) is 3.51. The summed E-state index contributed by atoms with van der Waals surface area (Å²) in [5.41, 5.74) is 2.68. The number of nitrogens with zero attached hydrogens (tertiary/aromatic N) is 4. The van der Waals surface area contributed by atoms with Crippen molar-refractivity contribution in [1.29, 1.82) is 0 Å². The molecule has 0 atom stereocenters. The molecule has 0 amide bonds. The van der Waals surface area contributed by atoms with Gasteiger partial charge in [-0.25, -0.2) is 9.97 Å². The molecule has 0 bridgehead atoms. The number of ketones is 1. The minimum absolute atomic E-state index is 0.0799. The molecule has 0 aliphatic carbocycles. The van der Waals surface area contributed by atoms with Crippen molar-refractivity contribution in [2.75, 3.05) is 17.2 Å². The lowest BCUT2D eigenvalue weighted by Gasteiger charge is -2.10. The second-order valence-electron chi connectivity index (χ2n) is 7.86. The fourth-order valence-corrected chi connectivity index (χ4v) is 4.59. The van der Waals surface area contributed by atoms with E-state index in [0.29, 0.717) is 27.3 Å². The molecule has 0 unspecified atom stereocenters. The van der Waals surface area contributed by atoms with Crippen molar-refractivity contribution in [3.8, 4) is 0 Å². The van der Waals surface area contributed by atoms with Crippen LogP contribution in [0.5, 0.6) is 0 Å². The lowest BCUT2D eigenvalue weighted by Crippen LogP contribution is -2.06. The minimum Gasteiger partial charge on any atom is -0.385 e. The van der Waals surface area contributed by atoms with E-state index in [-0.39, 0.29) is 17.9 Å². The second kappa shape index (κ2) is 11.1. The molecular weight excluding hydrogens is 488 g/mol. The quantitative estimate of drug-likeness (QED) is 0.112. The summed E-state index contributed by atoms with van der Waals surface area (Å²) < 4.78 is 1.99. The molecule has 4 aromatic rings. The molecule has 0 saturated carbocycles. The van der Waals surface area contributed by atoms with Gasteiger partial charge in [0.1, 0.15) is 5.69 Å². The number of nitro benzene ring substituents is 1. The molecule has 2 N–H and O–H groups in total. The number of halogens is 1. The highest BCUT2D eigenvalue weighted by molar-refractivity contribution is 7.17. The summed E-state index contributed by atoms with van der Waals surface area (Å²) in [6, 6.07) is 10.3. The summed E-state index contributed by atoms with van der Waals surface area (Å²) in [6.45, 7) is 3.41. The maximum atomic E-state index is 12.8. The van der Waals surface area contributed by atoms with Crippen molar-refractivity contribution in [1.82, 2.24) is 14.5 Å². The number of Topliss-reactive ketones (excluding diaryl/α,β-unsaturated/α-hetero) is 1. The van der Waals surface area contributed by atoms with E-state index in [4.69, 9.17) is 11.6 Å². The molecular formula is C24H23ClN6O3S. The van der Waals surface area contributed by atoms with Gasteiger partial charge in [0.15, 0.2) is 10.9 Å². The molecule has 9 nitrogen and oxygen atoms in total. The molecule has 11 heteroatoms. The van der Waals surface area contributed by atoms with E-state index in [9.17, 15) is 14.9 Å². The third kappa shape index (κ3) is 6.23. The average molecular weight is 511 g/mol. The van der Waals surface area contributed by atoms with Crippen molar-refractivity contribution in [3.63, 3.8) is 0 Å². The number of carbonyl (C=O) groups excluding carboxylic acids is 1. The van der Waals surface area contributed by atoms with Crippen LogP contribution in [-0.2, 0) is 13.0 Å². The standard InChI is InChI=1S/C24H23ClN6O3S/c1-16-4-2-5-19(25)18(16)13-22(32)23-14-28-24(35-23)29-20-12-17(6-7-21(20)31(33)34)27-8-3-10-30-11-9-26-15-30/h2,4-7,9,11-12,14-15,27H,3,8,10,13H2,1H3,(H,28,29). The predicted molar refractivity (Wildman–Crippen MR) is 138 cm³/mol. The zero-order valence-corrected chi connectivity index (χ0v) is 20.5. The first-order valence-electron chi connectivity index (χ1n) is 10.9. The van der Waals surface area contributed by atoms with E-state index < -0.39 is 4.92 Å². The van der Waals surface area contributed by atoms with Gasteiger partial charge in [0.25, 0.3) is 5.69 Å². The number of carbonyl (C=O) groups is 1. The highest BCUT2D eigenvalue weighted by Crippen LogP contribution is 2.32. The maximum Gasteiger partial charge on any atom is 0.292 e. The van der Waals surface area contributed by atoms with Crippen molar-refractivity contribution in [3.05, 3.63) is 92.5 Å². The number of benzene rings is 2. The highest BCUT2D eigenvalue weighted by Gasteiger charge is 2.18. The fraction of sp³-hybridized carbons (Fsp3) is 0.208. The Kier molecular flexibility index (Phi) is 7.74. The molecule has 35 heavy (non-hydrogen) atoms. The summed E-state index contributed by atoms with van der Waals surface area (Å²) in [5.74, 6) is -0.116. The molecule has 2 aromatic carbocycles. The van der Waals surface area contributed by atoms with Crippen LogP contribution >= 0.6 is 22.9 Å². The summed E-state index contributed by atoms with van der Waals surface area (Å²) in [4.78, 5) is 32.6. The lowest BCUT2D eigenvalue weighted by molar-refractivity contribution is -0.383. The van der Waals surface area contributed by atoms with Crippen LogP contribution in [0.1, 0.15) is 27.2 Å². The molecule has 0 aliphatic rings. The second-order valence-corrected chi connectivity index (χ2v) is 9.30. The monoisotopic (exact) mass is 510 g/mol. The topological polar surface area (TPSA) is 115 Å². The van der Waals surface area contributed by atoms with Gasteiger partial charge in [0, 0.05) is 48.7 Å². The van der Waals surface area contributed by atoms with E-state index in [0.717, 1.165) is 41.1 Å². The van der Waals surface area contributed by atoms with Crippen molar-refractivity contribution >= 4 is 50.9 Å². The first kappa shape index (κ1) is 24.4. The SMILES string of the molecule is Cc1cccc(Cl)c1CC(=O)c1cnc(Nc2cc(NCCCn3ccnc3)ccc2[N+](=O)[O-])s1. The van der Waals surface area contributed by atoms with Crippen LogP contribution in [0.4, 0.5) is 22.2 Å². The molecule has 0 spiro atoms.